The number of amides is 1. The summed E-state index contributed by atoms with van der Waals surface area (Å²) in [7, 11) is 0. The van der Waals surface area contributed by atoms with Crippen molar-refractivity contribution in [3.05, 3.63) is 0 Å². The molecule has 1 fully saturated rings. The molecule has 1 heterocycles. The Labute approximate surface area is 71.2 Å². The lowest BCUT2D eigenvalue weighted by Gasteiger charge is -2.26. The van der Waals surface area contributed by atoms with Crippen molar-refractivity contribution in [2.45, 2.75) is 6.04 Å². The number of hydrogen-bond donors (Lipinski definition) is 2. The number of rotatable bonds is 5. The van der Waals surface area contributed by atoms with Crippen molar-refractivity contribution in [1.29, 1.82) is 0 Å². The van der Waals surface area contributed by atoms with Gasteiger partial charge in [0.2, 0.25) is 5.91 Å². The summed E-state index contributed by atoms with van der Waals surface area (Å²) >= 11 is 0. The minimum atomic E-state index is -0.100. The van der Waals surface area contributed by atoms with Gasteiger partial charge in [-0.1, -0.05) is 0 Å². The quantitative estimate of drug-likeness (QED) is 0.496. The standard InChI is InChI=1S/C7H14N2O3/c8-1-2-11-5-7(10)9-6-3-12-4-6/h6H,1-5,8H2,(H,9,10). The number of carbonyl (C=O) groups excluding carboxylic acids is 1. The van der Waals surface area contributed by atoms with Crippen LogP contribution in [0.3, 0.4) is 0 Å². The van der Waals surface area contributed by atoms with Crippen LogP contribution in [0, 0.1) is 0 Å². The van der Waals surface area contributed by atoms with Gasteiger partial charge in [-0.2, -0.15) is 0 Å². The molecule has 0 radical (unpaired) electrons. The van der Waals surface area contributed by atoms with Gasteiger partial charge in [-0.3, -0.25) is 4.79 Å². The number of nitrogens with two attached hydrogens (primary N) is 1. The summed E-state index contributed by atoms with van der Waals surface area (Å²) in [5.74, 6) is -0.100. The highest BCUT2D eigenvalue weighted by atomic mass is 16.5. The SMILES string of the molecule is NCCOCC(=O)NC1COC1. The van der Waals surface area contributed by atoms with E-state index in [1.807, 2.05) is 0 Å². The molecule has 1 amide bonds. The number of hydrogen-bond acceptors (Lipinski definition) is 4. The van der Waals surface area contributed by atoms with Gasteiger partial charge in [0, 0.05) is 6.54 Å². The van der Waals surface area contributed by atoms with E-state index >= 15 is 0 Å². The first-order chi connectivity index (χ1) is 5.83. The lowest BCUT2D eigenvalue weighted by atomic mass is 10.2. The van der Waals surface area contributed by atoms with Crippen LogP contribution in [0.1, 0.15) is 0 Å². The Bertz CT molecular complexity index is 148. The first kappa shape index (κ1) is 9.44. The van der Waals surface area contributed by atoms with Crippen LogP contribution >= 0.6 is 0 Å². The van der Waals surface area contributed by atoms with Crippen molar-refractivity contribution < 1.29 is 14.3 Å². The van der Waals surface area contributed by atoms with Crippen molar-refractivity contribution >= 4 is 5.91 Å². The highest BCUT2D eigenvalue weighted by Crippen LogP contribution is 1.98. The fourth-order valence-corrected chi connectivity index (χ4v) is 0.837. The second kappa shape index (κ2) is 5.08. The van der Waals surface area contributed by atoms with E-state index in [9.17, 15) is 4.79 Å². The molecule has 1 aliphatic rings. The van der Waals surface area contributed by atoms with Gasteiger partial charge in [-0.25, -0.2) is 0 Å². The summed E-state index contributed by atoms with van der Waals surface area (Å²) in [6.07, 6.45) is 0. The maximum atomic E-state index is 11.0. The van der Waals surface area contributed by atoms with Gasteiger partial charge in [0.15, 0.2) is 0 Å². The maximum Gasteiger partial charge on any atom is 0.246 e. The number of ether oxygens (including phenoxy) is 2. The molecule has 0 bridgehead atoms. The van der Waals surface area contributed by atoms with Crippen molar-refractivity contribution in [3.63, 3.8) is 0 Å². The largest absolute Gasteiger partial charge is 0.377 e. The van der Waals surface area contributed by atoms with Crippen LogP contribution in [0.15, 0.2) is 0 Å². The van der Waals surface area contributed by atoms with Crippen molar-refractivity contribution in [3.8, 4) is 0 Å². The molecule has 0 aromatic heterocycles. The molecule has 0 aromatic carbocycles. The average molecular weight is 174 g/mol. The van der Waals surface area contributed by atoms with E-state index in [1.54, 1.807) is 0 Å². The molecule has 0 aliphatic carbocycles. The molecular formula is C7H14N2O3. The minimum Gasteiger partial charge on any atom is -0.377 e. The van der Waals surface area contributed by atoms with Gasteiger partial charge in [0.25, 0.3) is 0 Å². The Morgan fingerprint density at radius 1 is 1.67 bits per heavy atom. The molecule has 0 aromatic rings. The number of nitrogens with one attached hydrogen (secondary N) is 1. The molecule has 0 unspecified atom stereocenters. The zero-order valence-electron chi connectivity index (χ0n) is 6.91. The van der Waals surface area contributed by atoms with E-state index < -0.39 is 0 Å². The Balaban J connectivity index is 1.95. The summed E-state index contributed by atoms with van der Waals surface area (Å²) < 4.78 is 9.82. The molecule has 12 heavy (non-hydrogen) atoms. The Hall–Kier alpha value is -0.650. The molecular weight excluding hydrogens is 160 g/mol. The molecule has 0 saturated carbocycles. The third kappa shape index (κ3) is 3.17. The summed E-state index contributed by atoms with van der Waals surface area (Å²) in [4.78, 5) is 11.0. The average Bonchev–Trinajstić information content (AvgIpc) is 1.98. The highest BCUT2D eigenvalue weighted by Gasteiger charge is 2.19. The fourth-order valence-electron chi connectivity index (χ4n) is 0.837. The summed E-state index contributed by atoms with van der Waals surface area (Å²) in [5.41, 5.74) is 5.18. The van der Waals surface area contributed by atoms with Crippen LogP contribution in [-0.4, -0.2) is 44.9 Å². The van der Waals surface area contributed by atoms with Crippen molar-refractivity contribution in [2.24, 2.45) is 5.73 Å². The van der Waals surface area contributed by atoms with Gasteiger partial charge in [0.1, 0.15) is 6.61 Å². The minimum absolute atomic E-state index is 0.0910. The van der Waals surface area contributed by atoms with Crippen molar-refractivity contribution in [2.75, 3.05) is 33.0 Å². The van der Waals surface area contributed by atoms with E-state index in [4.69, 9.17) is 15.2 Å². The lowest BCUT2D eigenvalue weighted by Crippen LogP contribution is -2.49. The predicted molar refractivity (Wildman–Crippen MR) is 42.6 cm³/mol. The molecule has 0 spiro atoms. The molecule has 70 valence electrons. The maximum absolute atomic E-state index is 11.0. The Morgan fingerprint density at radius 3 is 2.92 bits per heavy atom. The predicted octanol–water partition coefficient (Wildman–Crippen LogP) is -1.52. The second-order valence-corrected chi connectivity index (χ2v) is 2.64. The van der Waals surface area contributed by atoms with Gasteiger partial charge in [0.05, 0.1) is 25.9 Å². The van der Waals surface area contributed by atoms with Crippen LogP contribution in [0.5, 0.6) is 0 Å². The fraction of sp³-hybridized carbons (Fsp3) is 0.857. The van der Waals surface area contributed by atoms with Gasteiger partial charge in [-0.15, -0.1) is 0 Å². The highest BCUT2D eigenvalue weighted by molar-refractivity contribution is 5.77. The van der Waals surface area contributed by atoms with Crippen LogP contribution in [-0.2, 0) is 14.3 Å². The van der Waals surface area contributed by atoms with Crippen molar-refractivity contribution in [1.82, 2.24) is 5.32 Å². The second-order valence-electron chi connectivity index (χ2n) is 2.64. The normalized spacial score (nSPS) is 17.1. The summed E-state index contributed by atoms with van der Waals surface area (Å²) in [6, 6.07) is 0.180. The van der Waals surface area contributed by atoms with Crippen LogP contribution < -0.4 is 11.1 Å². The Kier molecular flexibility index (Phi) is 3.99. The summed E-state index contributed by atoms with van der Waals surface area (Å²) in [5, 5.41) is 2.75. The smallest absolute Gasteiger partial charge is 0.246 e. The number of carbonyl (C=O) groups is 1. The monoisotopic (exact) mass is 174 g/mol. The molecule has 1 saturated heterocycles. The first-order valence-corrected chi connectivity index (χ1v) is 3.98. The van der Waals surface area contributed by atoms with Gasteiger partial charge in [-0.05, 0) is 0 Å². The zero-order valence-corrected chi connectivity index (χ0v) is 6.91. The van der Waals surface area contributed by atoms with E-state index in [2.05, 4.69) is 5.32 Å². The van der Waals surface area contributed by atoms with E-state index in [-0.39, 0.29) is 18.6 Å². The van der Waals surface area contributed by atoms with E-state index in [1.165, 1.54) is 0 Å². The van der Waals surface area contributed by atoms with Crippen LogP contribution in [0.25, 0.3) is 0 Å². The van der Waals surface area contributed by atoms with Crippen LogP contribution in [0.4, 0.5) is 0 Å². The zero-order chi connectivity index (χ0) is 8.81. The molecule has 1 aliphatic heterocycles. The van der Waals surface area contributed by atoms with E-state index in [0.717, 1.165) is 0 Å². The Morgan fingerprint density at radius 2 is 2.42 bits per heavy atom. The van der Waals surface area contributed by atoms with Crippen LogP contribution in [0.2, 0.25) is 0 Å². The molecule has 3 N–H and O–H groups in total. The van der Waals surface area contributed by atoms with Gasteiger partial charge < -0.3 is 20.5 Å². The molecule has 0 atom stereocenters. The summed E-state index contributed by atoms with van der Waals surface area (Å²) in [6.45, 7) is 2.19. The topological polar surface area (TPSA) is 73.6 Å². The lowest BCUT2D eigenvalue weighted by molar-refractivity contribution is -0.129. The van der Waals surface area contributed by atoms with Gasteiger partial charge >= 0.3 is 0 Å². The third-order valence-electron chi connectivity index (χ3n) is 1.50. The third-order valence-corrected chi connectivity index (χ3v) is 1.50. The van der Waals surface area contributed by atoms with E-state index in [0.29, 0.717) is 26.4 Å². The molecule has 5 nitrogen and oxygen atoms in total. The molecule has 5 heteroatoms. The first-order valence-electron chi connectivity index (χ1n) is 3.98. The molecule has 1 rings (SSSR count).